The van der Waals surface area contributed by atoms with E-state index in [1.807, 2.05) is 32.0 Å². The quantitative estimate of drug-likeness (QED) is 0.747. The van der Waals surface area contributed by atoms with E-state index in [0.29, 0.717) is 21.8 Å². The number of carbonyl (C=O) groups is 1. The molecule has 2 heterocycles. The average molecular weight is 371 g/mol. The topological polar surface area (TPSA) is 87.2 Å². The van der Waals surface area contributed by atoms with Gasteiger partial charge >= 0.3 is 0 Å². The van der Waals surface area contributed by atoms with Crippen molar-refractivity contribution in [3.8, 4) is 16.9 Å². The van der Waals surface area contributed by atoms with Crippen LogP contribution in [0.1, 0.15) is 22.7 Å². The number of benzene rings is 1. The molecule has 3 rings (SSSR count). The Balaban J connectivity index is 2.32. The first-order valence-electron chi connectivity index (χ1n) is 8.27. The molecule has 2 aromatic heterocycles. The summed E-state index contributed by atoms with van der Waals surface area (Å²) in [6, 6.07) is 5.89. The van der Waals surface area contributed by atoms with Crippen molar-refractivity contribution in [1.82, 2.24) is 9.55 Å². The molecular weight excluding hydrogens is 350 g/mol. The minimum atomic E-state index is -0.446. The zero-order chi connectivity index (χ0) is 19.0. The number of nitrogens with zero attached hydrogens (tertiary/aromatic N) is 2. The van der Waals surface area contributed by atoms with Crippen LogP contribution in [0.2, 0.25) is 0 Å². The van der Waals surface area contributed by atoms with E-state index in [0.717, 1.165) is 21.6 Å². The normalized spacial score (nSPS) is 11.1. The van der Waals surface area contributed by atoms with Crippen molar-refractivity contribution in [3.63, 3.8) is 0 Å². The van der Waals surface area contributed by atoms with Gasteiger partial charge in [-0.1, -0.05) is 11.6 Å². The van der Waals surface area contributed by atoms with Gasteiger partial charge in [0.2, 0.25) is 5.91 Å². The molecule has 0 aliphatic carbocycles. The standard InChI is InChI=1S/C19H21N3O3S/c1-10-5-6-14(25-4)13(9-10)16-11(2)26-18-17(16)19(24)22(12(3)21-18)8-7-15(20)23/h5-6,9H,7-8H2,1-4H3,(H2,20,23). The van der Waals surface area contributed by atoms with E-state index in [1.54, 1.807) is 14.0 Å². The number of fused-ring (bicyclic) bond motifs is 1. The molecule has 0 aliphatic rings. The minimum Gasteiger partial charge on any atom is -0.496 e. The number of hydrogen-bond donors (Lipinski definition) is 1. The molecule has 6 nitrogen and oxygen atoms in total. The predicted octanol–water partition coefficient (Wildman–Crippen LogP) is 2.93. The van der Waals surface area contributed by atoms with Crippen LogP contribution in [-0.2, 0) is 11.3 Å². The van der Waals surface area contributed by atoms with Gasteiger partial charge in [-0.25, -0.2) is 4.98 Å². The number of rotatable bonds is 5. The third-order valence-electron chi connectivity index (χ3n) is 4.38. The molecule has 136 valence electrons. The van der Waals surface area contributed by atoms with E-state index in [-0.39, 0.29) is 18.5 Å². The van der Waals surface area contributed by atoms with Crippen LogP contribution in [0.4, 0.5) is 0 Å². The summed E-state index contributed by atoms with van der Waals surface area (Å²) in [6.07, 6.45) is 0.0974. The molecule has 3 aromatic rings. The van der Waals surface area contributed by atoms with Crippen molar-refractivity contribution in [1.29, 1.82) is 0 Å². The Morgan fingerprint density at radius 1 is 1.31 bits per heavy atom. The molecule has 26 heavy (non-hydrogen) atoms. The Morgan fingerprint density at radius 3 is 2.69 bits per heavy atom. The number of aromatic nitrogens is 2. The second-order valence-corrected chi connectivity index (χ2v) is 7.45. The van der Waals surface area contributed by atoms with Crippen molar-refractivity contribution >= 4 is 27.5 Å². The van der Waals surface area contributed by atoms with E-state index in [4.69, 9.17) is 10.5 Å². The van der Waals surface area contributed by atoms with Gasteiger partial charge in [-0.3, -0.25) is 14.2 Å². The lowest BCUT2D eigenvalue weighted by Crippen LogP contribution is -2.26. The molecule has 0 spiro atoms. The first-order chi connectivity index (χ1) is 12.3. The fourth-order valence-corrected chi connectivity index (χ4v) is 4.20. The molecule has 0 fully saturated rings. The largest absolute Gasteiger partial charge is 0.496 e. The Morgan fingerprint density at radius 2 is 2.04 bits per heavy atom. The lowest BCUT2D eigenvalue weighted by molar-refractivity contribution is -0.118. The second-order valence-electron chi connectivity index (χ2n) is 6.25. The summed E-state index contributed by atoms with van der Waals surface area (Å²) in [5, 5.41) is 0.562. The summed E-state index contributed by atoms with van der Waals surface area (Å²) >= 11 is 1.49. The highest BCUT2D eigenvalue weighted by molar-refractivity contribution is 7.19. The van der Waals surface area contributed by atoms with Crippen LogP contribution >= 0.6 is 11.3 Å². The van der Waals surface area contributed by atoms with Crippen LogP contribution in [0.25, 0.3) is 21.3 Å². The first-order valence-corrected chi connectivity index (χ1v) is 9.09. The van der Waals surface area contributed by atoms with Crippen LogP contribution < -0.4 is 16.0 Å². The minimum absolute atomic E-state index is 0.0974. The third-order valence-corrected chi connectivity index (χ3v) is 5.38. The summed E-state index contributed by atoms with van der Waals surface area (Å²) in [5.41, 5.74) is 7.88. The number of thiophene rings is 1. The zero-order valence-corrected chi connectivity index (χ0v) is 16.1. The Bertz CT molecular complexity index is 1070. The summed E-state index contributed by atoms with van der Waals surface area (Å²) in [5.74, 6) is 0.841. The molecule has 0 saturated carbocycles. The average Bonchev–Trinajstić information content (AvgIpc) is 2.90. The van der Waals surface area contributed by atoms with Crippen molar-refractivity contribution in [2.24, 2.45) is 5.73 Å². The second kappa shape index (κ2) is 6.92. The van der Waals surface area contributed by atoms with E-state index in [9.17, 15) is 9.59 Å². The molecule has 0 aliphatic heterocycles. The van der Waals surface area contributed by atoms with Crippen LogP contribution in [0, 0.1) is 20.8 Å². The maximum atomic E-state index is 13.2. The van der Waals surface area contributed by atoms with Crippen molar-refractivity contribution < 1.29 is 9.53 Å². The number of methoxy groups -OCH3 is 1. The predicted molar refractivity (Wildman–Crippen MR) is 104 cm³/mol. The number of hydrogen-bond acceptors (Lipinski definition) is 5. The van der Waals surface area contributed by atoms with Crippen molar-refractivity contribution in [2.75, 3.05) is 7.11 Å². The highest BCUT2D eigenvalue weighted by Crippen LogP contribution is 2.40. The van der Waals surface area contributed by atoms with Gasteiger partial charge in [0.25, 0.3) is 5.56 Å². The Labute approximate surface area is 155 Å². The highest BCUT2D eigenvalue weighted by Gasteiger charge is 2.21. The Hall–Kier alpha value is -2.67. The van der Waals surface area contributed by atoms with Gasteiger partial charge in [0.1, 0.15) is 16.4 Å². The summed E-state index contributed by atoms with van der Waals surface area (Å²) in [6.45, 7) is 5.97. The van der Waals surface area contributed by atoms with Gasteiger partial charge in [-0.05, 0) is 32.9 Å². The van der Waals surface area contributed by atoms with Gasteiger partial charge < -0.3 is 10.5 Å². The molecule has 0 unspecified atom stereocenters. The molecule has 0 radical (unpaired) electrons. The van der Waals surface area contributed by atoms with Crippen molar-refractivity contribution in [3.05, 3.63) is 44.8 Å². The number of nitrogens with two attached hydrogens (primary N) is 1. The van der Waals surface area contributed by atoms with E-state index < -0.39 is 5.91 Å². The van der Waals surface area contributed by atoms with Crippen LogP contribution in [-0.4, -0.2) is 22.6 Å². The van der Waals surface area contributed by atoms with Gasteiger partial charge in [0, 0.05) is 29.0 Å². The highest BCUT2D eigenvalue weighted by atomic mass is 32.1. The molecule has 1 amide bonds. The number of primary amides is 1. The van der Waals surface area contributed by atoms with Gasteiger partial charge in [0.05, 0.1) is 12.5 Å². The number of amides is 1. The SMILES string of the molecule is COc1ccc(C)cc1-c1c(C)sc2nc(C)n(CCC(N)=O)c(=O)c12. The molecule has 0 bridgehead atoms. The monoisotopic (exact) mass is 371 g/mol. The maximum absolute atomic E-state index is 13.2. The van der Waals surface area contributed by atoms with Gasteiger partial charge in [-0.15, -0.1) is 11.3 Å². The van der Waals surface area contributed by atoms with Gasteiger partial charge in [0.15, 0.2) is 0 Å². The van der Waals surface area contributed by atoms with E-state index in [2.05, 4.69) is 4.98 Å². The van der Waals surface area contributed by atoms with Gasteiger partial charge in [-0.2, -0.15) is 0 Å². The van der Waals surface area contributed by atoms with E-state index >= 15 is 0 Å². The number of aryl methyl sites for hydroxylation is 3. The fraction of sp³-hybridized carbons (Fsp3) is 0.316. The number of ether oxygens (including phenoxy) is 1. The van der Waals surface area contributed by atoms with Crippen LogP contribution in [0.15, 0.2) is 23.0 Å². The lowest BCUT2D eigenvalue weighted by Gasteiger charge is -2.12. The molecule has 7 heteroatoms. The van der Waals surface area contributed by atoms with E-state index in [1.165, 1.54) is 15.9 Å². The maximum Gasteiger partial charge on any atom is 0.262 e. The van der Waals surface area contributed by atoms with Crippen molar-refractivity contribution in [2.45, 2.75) is 33.7 Å². The van der Waals surface area contributed by atoms with Crippen LogP contribution in [0.3, 0.4) is 0 Å². The third kappa shape index (κ3) is 3.10. The lowest BCUT2D eigenvalue weighted by atomic mass is 10.0. The molecular formula is C19H21N3O3S. The number of carbonyl (C=O) groups excluding carboxylic acids is 1. The molecule has 1 aromatic carbocycles. The Kier molecular flexibility index (Phi) is 4.82. The van der Waals surface area contributed by atoms with Crippen LogP contribution in [0.5, 0.6) is 5.75 Å². The summed E-state index contributed by atoms with van der Waals surface area (Å²) < 4.78 is 7.03. The summed E-state index contributed by atoms with van der Waals surface area (Å²) in [4.78, 5) is 30.6. The first kappa shape index (κ1) is 18.1. The smallest absolute Gasteiger partial charge is 0.262 e. The zero-order valence-electron chi connectivity index (χ0n) is 15.3. The fourth-order valence-electron chi connectivity index (χ4n) is 3.12. The molecule has 0 atom stereocenters. The molecule has 0 saturated heterocycles. The molecule has 2 N–H and O–H groups in total. The summed E-state index contributed by atoms with van der Waals surface area (Å²) in [7, 11) is 1.62.